The Labute approximate surface area is 97.1 Å². The lowest BCUT2D eigenvalue weighted by atomic mass is 9.96. The van der Waals surface area contributed by atoms with Gasteiger partial charge >= 0.3 is 0 Å². The molecule has 1 aliphatic carbocycles. The summed E-state index contributed by atoms with van der Waals surface area (Å²) in [6.07, 6.45) is 3.74. The summed E-state index contributed by atoms with van der Waals surface area (Å²) in [5.74, 6) is 0.317. The van der Waals surface area contributed by atoms with E-state index in [1.807, 2.05) is 6.92 Å². The molecule has 1 saturated carbocycles. The van der Waals surface area contributed by atoms with Crippen LogP contribution in [0.1, 0.15) is 43.2 Å². The van der Waals surface area contributed by atoms with Crippen LogP contribution in [0.2, 0.25) is 0 Å². The fourth-order valence-corrected chi connectivity index (χ4v) is 2.01. The minimum atomic E-state index is -0.114. The molecule has 0 amide bonds. The van der Waals surface area contributed by atoms with Crippen LogP contribution in [0.3, 0.4) is 0 Å². The Balaban J connectivity index is 1.88. The minimum Gasteiger partial charge on any atom is -0.314 e. The molecule has 1 aromatic rings. The summed E-state index contributed by atoms with van der Waals surface area (Å²) >= 11 is 0. The second-order valence-electron chi connectivity index (χ2n) is 4.98. The Morgan fingerprint density at radius 3 is 2.75 bits per heavy atom. The van der Waals surface area contributed by atoms with Crippen LogP contribution in [0, 0.1) is 12.7 Å². The predicted octanol–water partition coefficient (Wildman–Crippen LogP) is 3.38. The van der Waals surface area contributed by atoms with Crippen molar-refractivity contribution in [1.29, 1.82) is 0 Å². The third-order valence-corrected chi connectivity index (χ3v) is 3.22. The third kappa shape index (κ3) is 3.31. The zero-order valence-electron chi connectivity index (χ0n) is 10.1. The summed E-state index contributed by atoms with van der Waals surface area (Å²) in [6.45, 7) is 5.16. The molecule has 2 rings (SSSR count). The van der Waals surface area contributed by atoms with Gasteiger partial charge in [-0.1, -0.05) is 13.0 Å². The molecular formula is C14H20FN. The Bertz CT molecular complexity index is 338. The number of aryl methyl sites for hydroxylation is 1. The number of rotatable bonds is 5. The van der Waals surface area contributed by atoms with Crippen molar-refractivity contribution < 1.29 is 4.39 Å². The molecule has 1 aromatic carbocycles. The number of hydrogen-bond donors (Lipinski definition) is 1. The topological polar surface area (TPSA) is 12.0 Å². The van der Waals surface area contributed by atoms with Crippen LogP contribution in [0.5, 0.6) is 0 Å². The van der Waals surface area contributed by atoms with Gasteiger partial charge in [-0.15, -0.1) is 0 Å². The largest absolute Gasteiger partial charge is 0.314 e. The zero-order chi connectivity index (χ0) is 11.5. The molecule has 16 heavy (non-hydrogen) atoms. The van der Waals surface area contributed by atoms with E-state index < -0.39 is 0 Å². The van der Waals surface area contributed by atoms with E-state index in [4.69, 9.17) is 0 Å². The molecule has 2 heteroatoms. The van der Waals surface area contributed by atoms with Gasteiger partial charge < -0.3 is 5.32 Å². The fraction of sp³-hybridized carbons (Fsp3) is 0.571. The lowest BCUT2D eigenvalue weighted by Gasteiger charge is -2.13. The molecule has 0 saturated heterocycles. The van der Waals surface area contributed by atoms with E-state index in [0.717, 1.165) is 30.1 Å². The average molecular weight is 221 g/mol. The highest BCUT2D eigenvalue weighted by Crippen LogP contribution is 2.22. The van der Waals surface area contributed by atoms with E-state index in [2.05, 4.69) is 18.3 Å². The molecule has 1 N–H and O–H groups in total. The van der Waals surface area contributed by atoms with Gasteiger partial charge in [0.25, 0.3) is 0 Å². The molecule has 0 heterocycles. The first-order valence-corrected chi connectivity index (χ1v) is 6.15. The van der Waals surface area contributed by atoms with Crippen molar-refractivity contribution in [3.8, 4) is 0 Å². The van der Waals surface area contributed by atoms with Crippen LogP contribution in [-0.4, -0.2) is 12.6 Å². The monoisotopic (exact) mass is 221 g/mol. The van der Waals surface area contributed by atoms with Crippen molar-refractivity contribution in [2.45, 2.75) is 45.1 Å². The lowest BCUT2D eigenvalue weighted by Crippen LogP contribution is -2.19. The van der Waals surface area contributed by atoms with Gasteiger partial charge in [0.2, 0.25) is 0 Å². The highest BCUT2D eigenvalue weighted by molar-refractivity contribution is 5.26. The molecule has 1 fully saturated rings. The zero-order valence-corrected chi connectivity index (χ0v) is 10.1. The summed E-state index contributed by atoms with van der Waals surface area (Å²) < 4.78 is 13.2. The van der Waals surface area contributed by atoms with Gasteiger partial charge in [0.15, 0.2) is 0 Å². The molecule has 0 spiro atoms. The van der Waals surface area contributed by atoms with Crippen molar-refractivity contribution in [1.82, 2.24) is 5.32 Å². The van der Waals surface area contributed by atoms with E-state index in [9.17, 15) is 4.39 Å². The normalized spacial score (nSPS) is 17.4. The summed E-state index contributed by atoms with van der Waals surface area (Å²) in [7, 11) is 0. The van der Waals surface area contributed by atoms with Crippen LogP contribution in [-0.2, 0) is 0 Å². The van der Waals surface area contributed by atoms with Crippen molar-refractivity contribution in [3.63, 3.8) is 0 Å². The molecule has 1 aliphatic rings. The number of halogens is 1. The Morgan fingerprint density at radius 2 is 2.12 bits per heavy atom. The summed E-state index contributed by atoms with van der Waals surface area (Å²) in [5, 5.41) is 3.49. The van der Waals surface area contributed by atoms with Crippen LogP contribution in [0.25, 0.3) is 0 Å². The fourth-order valence-electron chi connectivity index (χ4n) is 2.01. The summed E-state index contributed by atoms with van der Waals surface area (Å²) in [6, 6.07) is 6.10. The van der Waals surface area contributed by atoms with E-state index in [-0.39, 0.29) is 5.82 Å². The van der Waals surface area contributed by atoms with Gasteiger partial charge in [0.05, 0.1) is 0 Å². The maximum Gasteiger partial charge on any atom is 0.123 e. The Morgan fingerprint density at radius 1 is 1.38 bits per heavy atom. The first-order chi connectivity index (χ1) is 7.65. The van der Waals surface area contributed by atoms with Crippen LogP contribution in [0.4, 0.5) is 4.39 Å². The highest BCUT2D eigenvalue weighted by Gasteiger charge is 2.20. The molecule has 1 nitrogen and oxygen atoms in total. The first-order valence-electron chi connectivity index (χ1n) is 6.15. The van der Waals surface area contributed by atoms with Gasteiger partial charge in [0.1, 0.15) is 5.82 Å². The molecule has 1 unspecified atom stereocenters. The van der Waals surface area contributed by atoms with Crippen LogP contribution < -0.4 is 5.32 Å². The van der Waals surface area contributed by atoms with Crippen molar-refractivity contribution in [2.24, 2.45) is 0 Å². The molecular weight excluding hydrogens is 201 g/mol. The maximum atomic E-state index is 13.2. The number of hydrogen-bond acceptors (Lipinski definition) is 1. The smallest absolute Gasteiger partial charge is 0.123 e. The summed E-state index contributed by atoms with van der Waals surface area (Å²) in [4.78, 5) is 0. The average Bonchev–Trinajstić information content (AvgIpc) is 3.00. The highest BCUT2D eigenvalue weighted by atomic mass is 19.1. The molecule has 1 atom stereocenters. The van der Waals surface area contributed by atoms with E-state index >= 15 is 0 Å². The molecule has 0 aliphatic heterocycles. The van der Waals surface area contributed by atoms with Gasteiger partial charge in [-0.25, -0.2) is 4.39 Å². The molecule has 0 radical (unpaired) electrons. The van der Waals surface area contributed by atoms with Gasteiger partial charge in [0, 0.05) is 6.04 Å². The number of nitrogens with one attached hydrogen (secondary N) is 1. The SMILES string of the molecule is Cc1cc(F)cc(C(C)CCNC2CC2)c1. The van der Waals surface area contributed by atoms with Crippen molar-refractivity contribution >= 4 is 0 Å². The summed E-state index contributed by atoms with van der Waals surface area (Å²) in [5.41, 5.74) is 2.13. The van der Waals surface area contributed by atoms with E-state index in [1.165, 1.54) is 12.8 Å². The molecule has 88 valence electrons. The third-order valence-electron chi connectivity index (χ3n) is 3.22. The van der Waals surface area contributed by atoms with E-state index in [0.29, 0.717) is 5.92 Å². The number of benzene rings is 1. The standard InChI is InChI=1S/C14H20FN/c1-10-7-12(9-13(15)8-10)11(2)5-6-16-14-3-4-14/h7-9,11,14,16H,3-6H2,1-2H3. The second kappa shape index (κ2) is 4.96. The maximum absolute atomic E-state index is 13.2. The Hall–Kier alpha value is -0.890. The predicted molar refractivity (Wildman–Crippen MR) is 65.2 cm³/mol. The quantitative estimate of drug-likeness (QED) is 0.803. The van der Waals surface area contributed by atoms with Crippen LogP contribution in [0.15, 0.2) is 18.2 Å². The second-order valence-corrected chi connectivity index (χ2v) is 4.98. The minimum absolute atomic E-state index is 0.114. The van der Waals surface area contributed by atoms with Gasteiger partial charge in [-0.2, -0.15) is 0 Å². The Kier molecular flexibility index (Phi) is 3.59. The first kappa shape index (κ1) is 11.6. The van der Waals surface area contributed by atoms with Crippen molar-refractivity contribution in [2.75, 3.05) is 6.54 Å². The molecule has 0 aromatic heterocycles. The lowest BCUT2D eigenvalue weighted by molar-refractivity contribution is 0.582. The molecule has 0 bridgehead atoms. The van der Waals surface area contributed by atoms with Crippen LogP contribution >= 0.6 is 0 Å². The van der Waals surface area contributed by atoms with Gasteiger partial charge in [-0.3, -0.25) is 0 Å². The van der Waals surface area contributed by atoms with E-state index in [1.54, 1.807) is 12.1 Å². The van der Waals surface area contributed by atoms with Crippen molar-refractivity contribution in [3.05, 3.63) is 35.1 Å². The van der Waals surface area contributed by atoms with Gasteiger partial charge in [-0.05, 0) is 61.9 Å².